The van der Waals surface area contributed by atoms with Crippen molar-refractivity contribution in [2.24, 2.45) is 35.5 Å². The number of carbonyl (C=O) groups excluding carboxylic acids is 11. The van der Waals surface area contributed by atoms with Gasteiger partial charge in [-0.05, 0) is 136 Å². The van der Waals surface area contributed by atoms with Gasteiger partial charge in [0.1, 0.15) is 60.4 Å². The lowest BCUT2D eigenvalue weighted by molar-refractivity contribution is -0.157. The first-order chi connectivity index (χ1) is 44.2. The second-order valence-corrected chi connectivity index (χ2v) is 31.3. The number of aliphatic hydroxyl groups excluding tert-OH is 1. The molecule has 11 amide bonds. The highest BCUT2D eigenvalue weighted by Crippen LogP contribution is 2.45. The number of hydrogen-bond donors (Lipinski definition) is 6. The molecule has 0 aromatic rings. The summed E-state index contributed by atoms with van der Waals surface area (Å²) in [5, 5.41) is 33.6. The van der Waals surface area contributed by atoms with Crippen molar-refractivity contribution in [3.8, 4) is 0 Å². The fraction of sp³-hybridized carbons (Fsp3) is 0.814. The van der Waals surface area contributed by atoms with Crippen LogP contribution in [0.5, 0.6) is 0 Å². The van der Waals surface area contributed by atoms with E-state index in [-0.39, 0.29) is 67.9 Å². The van der Waals surface area contributed by atoms with Gasteiger partial charge in [0.05, 0.1) is 11.7 Å². The van der Waals surface area contributed by atoms with E-state index in [1.54, 1.807) is 54.5 Å². The molecular formula is C70H126N12O13S. The van der Waals surface area contributed by atoms with E-state index in [1.165, 1.54) is 113 Å². The number of thioether (sulfide) groups is 1. The van der Waals surface area contributed by atoms with Crippen LogP contribution in [0.25, 0.3) is 0 Å². The van der Waals surface area contributed by atoms with Crippen molar-refractivity contribution < 1.29 is 63.0 Å². The van der Waals surface area contributed by atoms with E-state index in [0.29, 0.717) is 5.75 Å². The van der Waals surface area contributed by atoms with Crippen LogP contribution in [0.15, 0.2) is 12.2 Å². The van der Waals surface area contributed by atoms with Gasteiger partial charge in [-0.1, -0.05) is 95.2 Å². The topological polar surface area (TPSA) is 302 Å². The molecule has 2 unspecified atom stereocenters. The molecule has 2 fully saturated rings. The molecule has 2 aliphatic rings. The van der Waals surface area contributed by atoms with Crippen molar-refractivity contribution >= 4 is 76.7 Å². The van der Waals surface area contributed by atoms with Gasteiger partial charge in [0, 0.05) is 73.1 Å². The maximum absolute atomic E-state index is 15.6. The van der Waals surface area contributed by atoms with Crippen molar-refractivity contribution in [1.82, 2.24) is 60.5 Å². The molecule has 0 spiro atoms. The van der Waals surface area contributed by atoms with Gasteiger partial charge in [0.15, 0.2) is 5.37 Å². The SMILES string of the molecule is C/C=C/C[C@@H](C)[C@@H](O)C1C(=O)N[C@H](CC)C(=O)N(C)C(SCC2(N(C)C(C)C)CC2)C(=O)N(C)[C@@H](CC(C)(C)O)C(=O)N[C@H](C(C)C)C(=O)N(C)[C@H](CC(C)C)C(=O)N[C@H](C)C(=O)N[C@@H](C)C(=O)N(C)[C@H](CC(C)C)C(=O)N(C)[C@H](CC(C)C)C(=O)N(C)[C@H](C(C)C)C(=O)N1C. The number of hydrogen-bond acceptors (Lipinski definition) is 15. The van der Waals surface area contributed by atoms with Crippen molar-refractivity contribution in [2.45, 2.75) is 272 Å². The molecule has 1 aliphatic carbocycles. The quantitative estimate of drug-likeness (QED) is 0.0926. The largest absolute Gasteiger partial charge is 0.390 e. The number of nitrogens with zero attached hydrogens (tertiary/aromatic N) is 8. The third-order valence-corrected chi connectivity index (χ3v) is 20.6. The van der Waals surface area contributed by atoms with Gasteiger partial charge in [-0.2, -0.15) is 0 Å². The van der Waals surface area contributed by atoms with E-state index in [1.807, 2.05) is 54.7 Å². The molecule has 1 aliphatic heterocycles. The summed E-state index contributed by atoms with van der Waals surface area (Å²) in [7, 11) is 11.9. The molecule has 0 radical (unpaired) electrons. The Hall–Kier alpha value is -5.86. The third kappa shape index (κ3) is 23.1. The van der Waals surface area contributed by atoms with Gasteiger partial charge in [-0.15, -0.1) is 11.8 Å². The molecule has 0 aromatic carbocycles. The lowest BCUT2D eigenvalue weighted by Crippen LogP contribution is -2.64. The zero-order valence-corrected chi connectivity index (χ0v) is 64.2. The van der Waals surface area contributed by atoms with Crippen LogP contribution in [-0.4, -0.2) is 266 Å². The number of allylic oxidation sites excluding steroid dienone is 2. The minimum atomic E-state index is -1.66. The second kappa shape index (κ2) is 37.4. The molecular weight excluding hydrogens is 1250 g/mol. The van der Waals surface area contributed by atoms with Crippen LogP contribution in [0.4, 0.5) is 0 Å². The van der Waals surface area contributed by atoms with E-state index in [2.05, 4.69) is 40.0 Å². The third-order valence-electron chi connectivity index (χ3n) is 19.1. The first kappa shape index (κ1) is 86.2. The van der Waals surface area contributed by atoms with E-state index >= 15 is 33.6 Å². The molecule has 1 saturated carbocycles. The van der Waals surface area contributed by atoms with Gasteiger partial charge >= 0.3 is 0 Å². The molecule has 6 N–H and O–H groups in total. The van der Waals surface area contributed by atoms with Crippen LogP contribution >= 0.6 is 11.8 Å². The van der Waals surface area contributed by atoms with Crippen LogP contribution in [0.1, 0.15) is 183 Å². The fourth-order valence-corrected chi connectivity index (χ4v) is 14.0. The van der Waals surface area contributed by atoms with Crippen molar-refractivity contribution in [1.29, 1.82) is 0 Å². The van der Waals surface area contributed by atoms with Crippen LogP contribution in [0.2, 0.25) is 0 Å². The first-order valence-electron chi connectivity index (χ1n) is 34.6. The van der Waals surface area contributed by atoms with Gasteiger partial charge in [-0.25, -0.2) is 0 Å². The number of amides is 11. The Morgan fingerprint density at radius 1 is 0.542 bits per heavy atom. The smallest absolute Gasteiger partial charge is 0.256 e. The highest BCUT2D eigenvalue weighted by Gasteiger charge is 2.51. The maximum atomic E-state index is 15.6. The number of likely N-dealkylation sites (N-methyl/N-ethyl adjacent to an activating group) is 7. The summed E-state index contributed by atoms with van der Waals surface area (Å²) in [5.41, 5.74) is -1.95. The van der Waals surface area contributed by atoms with Crippen LogP contribution in [0, 0.1) is 35.5 Å². The number of rotatable bonds is 20. The average molecular weight is 1380 g/mol. The molecule has 25 nitrogen and oxygen atoms in total. The second-order valence-electron chi connectivity index (χ2n) is 30.3. The Morgan fingerprint density at radius 3 is 1.44 bits per heavy atom. The van der Waals surface area contributed by atoms with Gasteiger partial charge in [0.2, 0.25) is 59.1 Å². The highest BCUT2D eigenvalue weighted by atomic mass is 32.2. The van der Waals surface area contributed by atoms with Gasteiger partial charge in [-0.3, -0.25) is 57.6 Å². The maximum Gasteiger partial charge on any atom is 0.256 e. The molecule has 2 rings (SSSR count). The molecule has 0 aromatic heterocycles. The Morgan fingerprint density at radius 2 is 0.990 bits per heavy atom. The summed E-state index contributed by atoms with van der Waals surface area (Å²) in [4.78, 5) is 176. The fourth-order valence-electron chi connectivity index (χ4n) is 12.4. The summed E-state index contributed by atoms with van der Waals surface area (Å²) in [6, 6.07) is -13.0. The Bertz CT molecular complexity index is 2700. The molecule has 26 heteroatoms. The lowest BCUT2D eigenvalue weighted by Gasteiger charge is -2.41. The highest BCUT2D eigenvalue weighted by molar-refractivity contribution is 8.00. The minimum Gasteiger partial charge on any atom is -0.390 e. The zero-order valence-electron chi connectivity index (χ0n) is 63.4. The normalized spacial score (nSPS) is 27.4. The van der Waals surface area contributed by atoms with E-state index in [9.17, 15) is 29.4 Å². The first-order valence-corrected chi connectivity index (χ1v) is 35.7. The van der Waals surface area contributed by atoms with Crippen molar-refractivity contribution in [2.75, 3.05) is 62.1 Å². The summed E-state index contributed by atoms with van der Waals surface area (Å²) in [6.07, 6.45) is 3.95. The Labute approximate surface area is 579 Å². The Balaban J connectivity index is 3.17. The standard InChI is InChI=1S/C70H126N12O13S/c1-28-30-31-45(15)56(83)55-60(87)73-48(29-2)62(89)81(26)68(96-38-70(32-33-70)82(27)44(13)14)67(94)78(23)52(37-69(18,19)95)59(86)74-53(42(9)10)65(92)75(20)49(34-39(3)4)58(85)71-46(16)57(84)72-47(17)61(88)76(21)50(35-40(5)6)63(90)77(22)51(36-41(7)8)64(91)79(24)54(43(11)12)66(93)80(55)25/h28,30,39-56,68,83,95H,29,31-38H2,1-27H3,(H,71,85)(H,72,84)(H,73,87)(H,74,86)/b30-28+/t45-,46-,47+,48-,49-,50-,51-,52+,53-,54-,55?,56-,68?/m1/s1. The summed E-state index contributed by atoms with van der Waals surface area (Å²) in [6.45, 7) is 33.1. The van der Waals surface area contributed by atoms with Gasteiger partial charge in [0.25, 0.3) is 5.91 Å². The van der Waals surface area contributed by atoms with Gasteiger partial charge < -0.3 is 65.8 Å². The molecule has 96 heavy (non-hydrogen) atoms. The number of carbonyl (C=O) groups is 11. The van der Waals surface area contributed by atoms with Crippen LogP contribution in [0.3, 0.4) is 0 Å². The predicted molar refractivity (Wildman–Crippen MR) is 376 cm³/mol. The average Bonchev–Trinajstić information content (AvgIpc) is 1.60. The van der Waals surface area contributed by atoms with Crippen molar-refractivity contribution in [3.63, 3.8) is 0 Å². The molecule has 1 saturated heterocycles. The molecule has 0 bridgehead atoms. The molecule has 13 atom stereocenters. The summed E-state index contributed by atoms with van der Waals surface area (Å²) < 4.78 is 0. The van der Waals surface area contributed by atoms with E-state index in [4.69, 9.17) is 0 Å². The minimum absolute atomic E-state index is 0.0299. The summed E-state index contributed by atoms with van der Waals surface area (Å²) in [5.74, 6) is -9.93. The van der Waals surface area contributed by atoms with E-state index in [0.717, 1.165) is 22.6 Å². The number of aliphatic hydroxyl groups is 2. The van der Waals surface area contributed by atoms with Crippen molar-refractivity contribution in [3.05, 3.63) is 12.2 Å². The number of nitrogens with one attached hydrogen (secondary N) is 4. The Kier molecular flexibility index (Phi) is 33.6. The van der Waals surface area contributed by atoms with E-state index < -0.39 is 160 Å². The molecule has 550 valence electrons. The monoisotopic (exact) mass is 1370 g/mol. The predicted octanol–water partition coefficient (Wildman–Crippen LogP) is 4.32. The summed E-state index contributed by atoms with van der Waals surface area (Å²) >= 11 is 1.18. The van der Waals surface area contributed by atoms with Crippen LogP contribution < -0.4 is 21.3 Å². The molecule has 1 heterocycles. The van der Waals surface area contributed by atoms with Crippen LogP contribution in [-0.2, 0) is 52.7 Å². The lowest BCUT2D eigenvalue weighted by atomic mass is 9.91. The zero-order chi connectivity index (χ0) is 74.3.